The Bertz CT molecular complexity index is 592. The van der Waals surface area contributed by atoms with Gasteiger partial charge in [0.05, 0.1) is 11.7 Å². The monoisotopic (exact) mass is 254 g/mol. The van der Waals surface area contributed by atoms with E-state index in [-0.39, 0.29) is 12.1 Å². The highest BCUT2D eigenvalue weighted by Gasteiger charge is 2.32. The first-order valence-electron chi connectivity index (χ1n) is 6.26. The van der Waals surface area contributed by atoms with Gasteiger partial charge in [-0.2, -0.15) is 0 Å². The minimum Gasteiger partial charge on any atom is -0.428 e. The summed E-state index contributed by atoms with van der Waals surface area (Å²) in [4.78, 5) is 11.7. The number of benzene rings is 2. The Labute approximate surface area is 111 Å². The lowest BCUT2D eigenvalue weighted by molar-refractivity contribution is -0.134. The lowest BCUT2D eigenvalue weighted by Gasteiger charge is -2.18. The van der Waals surface area contributed by atoms with E-state index in [1.165, 1.54) is 0 Å². The van der Waals surface area contributed by atoms with Crippen LogP contribution in [0.1, 0.15) is 40.8 Å². The van der Waals surface area contributed by atoms with Crippen LogP contribution >= 0.6 is 0 Å². The third-order valence-electron chi connectivity index (χ3n) is 3.25. The van der Waals surface area contributed by atoms with Crippen molar-refractivity contribution in [1.29, 1.82) is 0 Å². The highest BCUT2D eigenvalue weighted by atomic mass is 16.7. The van der Waals surface area contributed by atoms with E-state index in [2.05, 4.69) is 0 Å². The zero-order valence-electron chi connectivity index (χ0n) is 10.6. The summed E-state index contributed by atoms with van der Waals surface area (Å²) in [6.45, 7) is 1.95. The molecule has 0 spiro atoms. The van der Waals surface area contributed by atoms with Crippen LogP contribution in [-0.2, 0) is 9.47 Å². The molecule has 0 saturated carbocycles. The number of cyclic esters (lactones) is 1. The average Bonchev–Trinajstić information content (AvgIpc) is 2.77. The van der Waals surface area contributed by atoms with Gasteiger partial charge in [-0.3, -0.25) is 0 Å². The van der Waals surface area contributed by atoms with Gasteiger partial charge in [0.1, 0.15) is 0 Å². The first-order chi connectivity index (χ1) is 9.25. The molecule has 0 amide bonds. The van der Waals surface area contributed by atoms with Gasteiger partial charge in [0.15, 0.2) is 0 Å². The molecule has 19 heavy (non-hydrogen) atoms. The maximum absolute atomic E-state index is 11.7. The molecular weight excluding hydrogens is 240 g/mol. The molecule has 96 valence electrons. The van der Waals surface area contributed by atoms with E-state index in [4.69, 9.17) is 9.47 Å². The molecule has 2 atom stereocenters. The van der Waals surface area contributed by atoms with Crippen molar-refractivity contribution in [2.24, 2.45) is 0 Å². The number of carbonyl (C=O) groups excluding carboxylic acids is 1. The molecule has 1 aliphatic heterocycles. The Kier molecular flexibility index (Phi) is 3.05. The highest BCUT2D eigenvalue weighted by Crippen LogP contribution is 2.35. The lowest BCUT2D eigenvalue weighted by atomic mass is 10.1. The van der Waals surface area contributed by atoms with Crippen LogP contribution in [0.15, 0.2) is 54.6 Å². The molecule has 0 bridgehead atoms. The van der Waals surface area contributed by atoms with E-state index in [0.717, 1.165) is 11.1 Å². The predicted molar refractivity (Wildman–Crippen MR) is 70.5 cm³/mol. The normalized spacial score (nSPS) is 18.8. The fraction of sp³-hybridized carbons (Fsp3) is 0.188. The minimum absolute atomic E-state index is 0.134. The molecule has 2 aromatic rings. The smallest absolute Gasteiger partial charge is 0.341 e. The second-order valence-electron chi connectivity index (χ2n) is 4.51. The summed E-state index contributed by atoms with van der Waals surface area (Å²) < 4.78 is 11.1. The van der Waals surface area contributed by atoms with Crippen molar-refractivity contribution in [2.75, 3.05) is 0 Å². The molecule has 3 rings (SSSR count). The number of rotatable bonds is 3. The van der Waals surface area contributed by atoms with Crippen molar-refractivity contribution in [3.05, 3.63) is 71.3 Å². The summed E-state index contributed by atoms with van der Waals surface area (Å²) in [6.07, 6.45) is -0.746. The van der Waals surface area contributed by atoms with E-state index in [1.54, 1.807) is 6.07 Å². The third-order valence-corrected chi connectivity index (χ3v) is 3.25. The summed E-state index contributed by atoms with van der Waals surface area (Å²) in [7, 11) is 0. The van der Waals surface area contributed by atoms with Crippen LogP contribution < -0.4 is 0 Å². The van der Waals surface area contributed by atoms with Gasteiger partial charge in [-0.25, -0.2) is 4.79 Å². The molecule has 3 heteroatoms. The highest BCUT2D eigenvalue weighted by molar-refractivity contribution is 5.93. The van der Waals surface area contributed by atoms with Crippen LogP contribution in [0, 0.1) is 0 Å². The Balaban J connectivity index is 1.81. The van der Waals surface area contributed by atoms with Crippen LogP contribution in [0.3, 0.4) is 0 Å². The van der Waals surface area contributed by atoms with Crippen LogP contribution in [0.2, 0.25) is 0 Å². The van der Waals surface area contributed by atoms with Gasteiger partial charge < -0.3 is 9.47 Å². The van der Waals surface area contributed by atoms with Crippen molar-refractivity contribution in [3.8, 4) is 0 Å². The van der Waals surface area contributed by atoms with E-state index in [9.17, 15) is 4.79 Å². The maximum Gasteiger partial charge on any atom is 0.341 e. The van der Waals surface area contributed by atoms with E-state index in [1.807, 2.05) is 55.5 Å². The second kappa shape index (κ2) is 4.86. The van der Waals surface area contributed by atoms with E-state index in [0.29, 0.717) is 5.56 Å². The van der Waals surface area contributed by atoms with Gasteiger partial charge in [0.2, 0.25) is 6.29 Å². The number of hydrogen-bond acceptors (Lipinski definition) is 3. The molecule has 0 radical (unpaired) electrons. The standard InChI is InChI=1S/C16H14O3/c1-11(12-7-3-2-4-8-12)18-16-14-10-6-5-9-13(14)15(17)19-16/h2-11,16H,1H3. The molecule has 2 unspecified atom stereocenters. The molecular formula is C16H14O3. The van der Waals surface area contributed by atoms with Gasteiger partial charge >= 0.3 is 5.97 Å². The predicted octanol–water partition coefficient (Wildman–Crippen LogP) is 3.63. The Hall–Kier alpha value is -2.13. The zero-order valence-corrected chi connectivity index (χ0v) is 10.6. The molecule has 0 N–H and O–H groups in total. The SMILES string of the molecule is CC(OC1OC(=O)c2ccccc21)c1ccccc1. The molecule has 0 aliphatic carbocycles. The first-order valence-corrected chi connectivity index (χ1v) is 6.26. The van der Waals surface area contributed by atoms with Crippen molar-refractivity contribution in [3.63, 3.8) is 0 Å². The van der Waals surface area contributed by atoms with Gasteiger partial charge in [-0.15, -0.1) is 0 Å². The maximum atomic E-state index is 11.7. The number of hydrogen-bond donors (Lipinski definition) is 0. The summed E-state index contributed by atoms with van der Waals surface area (Å²) in [5, 5.41) is 0. The molecule has 0 fully saturated rings. The number of carbonyl (C=O) groups is 1. The fourth-order valence-electron chi connectivity index (χ4n) is 2.20. The Morgan fingerprint density at radius 3 is 2.53 bits per heavy atom. The zero-order chi connectivity index (χ0) is 13.2. The number of ether oxygens (including phenoxy) is 2. The Morgan fingerprint density at radius 1 is 1.05 bits per heavy atom. The molecule has 0 aromatic heterocycles. The summed E-state index contributed by atoms with van der Waals surface area (Å²) in [6, 6.07) is 17.2. The fourth-order valence-corrected chi connectivity index (χ4v) is 2.20. The van der Waals surface area contributed by atoms with Gasteiger partial charge in [0.25, 0.3) is 0 Å². The van der Waals surface area contributed by atoms with Crippen LogP contribution in [0.4, 0.5) is 0 Å². The third kappa shape index (κ3) is 2.25. The largest absolute Gasteiger partial charge is 0.428 e. The average molecular weight is 254 g/mol. The van der Waals surface area contributed by atoms with Crippen molar-refractivity contribution < 1.29 is 14.3 Å². The molecule has 1 aliphatic rings. The summed E-state index contributed by atoms with van der Waals surface area (Å²) >= 11 is 0. The number of fused-ring (bicyclic) bond motifs is 1. The van der Waals surface area contributed by atoms with Crippen molar-refractivity contribution >= 4 is 5.97 Å². The summed E-state index contributed by atoms with van der Waals surface area (Å²) in [5.41, 5.74) is 2.45. The van der Waals surface area contributed by atoms with Gasteiger partial charge in [0, 0.05) is 5.56 Å². The van der Waals surface area contributed by atoms with Crippen LogP contribution in [0.25, 0.3) is 0 Å². The van der Waals surface area contributed by atoms with Gasteiger partial charge in [-0.1, -0.05) is 48.5 Å². The van der Waals surface area contributed by atoms with Gasteiger partial charge in [-0.05, 0) is 18.6 Å². The molecule has 0 saturated heterocycles. The van der Waals surface area contributed by atoms with E-state index >= 15 is 0 Å². The van der Waals surface area contributed by atoms with Crippen LogP contribution in [0.5, 0.6) is 0 Å². The minimum atomic E-state index is -0.612. The first kappa shape index (κ1) is 11.9. The number of esters is 1. The molecule has 1 heterocycles. The van der Waals surface area contributed by atoms with E-state index < -0.39 is 6.29 Å². The molecule has 2 aromatic carbocycles. The quantitative estimate of drug-likeness (QED) is 0.784. The Morgan fingerprint density at radius 2 is 1.74 bits per heavy atom. The lowest BCUT2D eigenvalue weighted by Crippen LogP contribution is -2.08. The van der Waals surface area contributed by atoms with Crippen molar-refractivity contribution in [1.82, 2.24) is 0 Å². The topological polar surface area (TPSA) is 35.5 Å². The second-order valence-corrected chi connectivity index (χ2v) is 4.51. The summed E-state index contributed by atoms with van der Waals surface area (Å²) in [5.74, 6) is -0.319. The van der Waals surface area contributed by atoms with Crippen LogP contribution in [-0.4, -0.2) is 5.97 Å². The molecule has 3 nitrogen and oxygen atoms in total. The van der Waals surface area contributed by atoms with Crippen molar-refractivity contribution in [2.45, 2.75) is 19.3 Å².